The Morgan fingerprint density at radius 2 is 2.15 bits per heavy atom. The lowest BCUT2D eigenvalue weighted by molar-refractivity contribution is -0.163. The average molecular weight is 401 g/mol. The van der Waals surface area contributed by atoms with Crippen molar-refractivity contribution in [2.45, 2.75) is 31.2 Å². The fraction of sp³-hybridized carbons (Fsp3) is 0.312. The van der Waals surface area contributed by atoms with Gasteiger partial charge in [-0.15, -0.1) is 11.3 Å². The van der Waals surface area contributed by atoms with Crippen molar-refractivity contribution < 1.29 is 17.9 Å². The fourth-order valence-electron chi connectivity index (χ4n) is 2.70. The minimum Gasteiger partial charge on any atom is -0.453 e. The molecule has 0 saturated heterocycles. The second kappa shape index (κ2) is 6.45. The van der Waals surface area contributed by atoms with E-state index in [9.17, 15) is 13.2 Å². The molecule has 10 heteroatoms. The number of alkyl halides is 3. The molecule has 0 spiro atoms. The van der Waals surface area contributed by atoms with Crippen LogP contribution in [-0.2, 0) is 10.3 Å². The van der Waals surface area contributed by atoms with Crippen molar-refractivity contribution in [3.05, 3.63) is 40.0 Å². The van der Waals surface area contributed by atoms with E-state index in [4.69, 9.17) is 27.3 Å². The molecule has 0 amide bonds. The van der Waals surface area contributed by atoms with Crippen molar-refractivity contribution in [3.63, 3.8) is 0 Å². The fourth-order valence-corrected chi connectivity index (χ4v) is 4.32. The zero-order valence-electron chi connectivity index (χ0n) is 13.3. The van der Waals surface area contributed by atoms with Gasteiger partial charge < -0.3 is 10.5 Å². The van der Waals surface area contributed by atoms with Crippen LogP contribution < -0.4 is 5.73 Å². The van der Waals surface area contributed by atoms with Gasteiger partial charge in [-0.3, -0.25) is 4.98 Å². The molecule has 1 aliphatic rings. The maximum atomic E-state index is 13.1. The molecule has 3 rings (SSSR count). The van der Waals surface area contributed by atoms with Crippen LogP contribution in [0.15, 0.2) is 29.5 Å². The third-order valence-corrected chi connectivity index (χ3v) is 5.73. The van der Waals surface area contributed by atoms with Crippen molar-refractivity contribution >= 4 is 29.0 Å². The van der Waals surface area contributed by atoms with Crippen molar-refractivity contribution in [1.29, 1.82) is 5.26 Å². The molecule has 2 aromatic heterocycles. The molecule has 0 aromatic carbocycles. The molecule has 0 unspecified atom stereocenters. The molecule has 0 aliphatic carbocycles. The van der Waals surface area contributed by atoms with Gasteiger partial charge in [0.2, 0.25) is 0 Å². The van der Waals surface area contributed by atoms with Gasteiger partial charge in [-0.2, -0.15) is 18.4 Å². The first-order valence-electron chi connectivity index (χ1n) is 7.37. The highest BCUT2D eigenvalue weighted by molar-refractivity contribution is 7.16. The summed E-state index contributed by atoms with van der Waals surface area (Å²) in [6, 6.07) is 2.72. The molecule has 2 N–H and O–H groups in total. The maximum Gasteiger partial charge on any atom is 0.411 e. The number of ether oxygens (including phenoxy) is 1. The Hall–Kier alpha value is -2.31. The number of hydrogen-bond donors (Lipinski definition) is 1. The van der Waals surface area contributed by atoms with Crippen LogP contribution in [-0.4, -0.2) is 23.2 Å². The van der Waals surface area contributed by atoms with Gasteiger partial charge in [0, 0.05) is 29.3 Å². The third-order valence-electron chi connectivity index (χ3n) is 3.89. The predicted octanol–water partition coefficient (Wildman–Crippen LogP) is 4.22. The van der Waals surface area contributed by atoms with Crippen LogP contribution in [0.25, 0.3) is 10.4 Å². The number of pyridine rings is 1. The largest absolute Gasteiger partial charge is 0.453 e. The molecule has 3 heterocycles. The number of rotatable bonds is 2. The number of halogens is 4. The maximum absolute atomic E-state index is 13.1. The molecule has 26 heavy (non-hydrogen) atoms. The molecule has 2 atom stereocenters. The molecule has 0 radical (unpaired) electrons. The summed E-state index contributed by atoms with van der Waals surface area (Å²) in [6.07, 6.45) is -2.01. The van der Waals surface area contributed by atoms with Crippen LogP contribution in [0.4, 0.5) is 13.2 Å². The number of nitrogens with zero attached hydrogens (tertiary/aromatic N) is 3. The highest BCUT2D eigenvalue weighted by Gasteiger charge is 2.49. The van der Waals surface area contributed by atoms with Crippen molar-refractivity contribution in [1.82, 2.24) is 4.98 Å². The minimum atomic E-state index is -4.53. The summed E-state index contributed by atoms with van der Waals surface area (Å²) in [5, 5.41) is 9.24. The number of nitriles is 1. The zero-order chi connectivity index (χ0) is 19.1. The Kier molecular flexibility index (Phi) is 4.58. The van der Waals surface area contributed by atoms with Gasteiger partial charge in [0.25, 0.3) is 6.02 Å². The number of amidine groups is 1. The molecule has 2 aromatic rings. The van der Waals surface area contributed by atoms with E-state index in [2.05, 4.69) is 9.98 Å². The average Bonchev–Trinajstić information content (AvgIpc) is 2.96. The van der Waals surface area contributed by atoms with Gasteiger partial charge >= 0.3 is 6.18 Å². The molecular formula is C16H12ClF3N4OS. The van der Waals surface area contributed by atoms with E-state index >= 15 is 0 Å². The van der Waals surface area contributed by atoms with Gasteiger partial charge in [0.15, 0.2) is 6.04 Å². The second-order valence-corrected chi connectivity index (χ2v) is 7.38. The highest BCUT2D eigenvalue weighted by atomic mass is 35.5. The quantitative estimate of drug-likeness (QED) is 0.818. The van der Waals surface area contributed by atoms with Crippen LogP contribution in [0.3, 0.4) is 0 Å². The molecule has 0 fully saturated rings. The van der Waals surface area contributed by atoms with Gasteiger partial charge in [0.1, 0.15) is 11.7 Å². The smallest absolute Gasteiger partial charge is 0.411 e. The van der Waals surface area contributed by atoms with Gasteiger partial charge in [-0.1, -0.05) is 11.6 Å². The summed E-state index contributed by atoms with van der Waals surface area (Å²) in [5.41, 5.74) is 5.11. The number of aliphatic imine (C=N–C) groups is 1. The number of aromatic nitrogens is 1. The molecule has 1 aliphatic heterocycles. The topological polar surface area (TPSA) is 84.3 Å². The number of hydrogen-bond acceptors (Lipinski definition) is 6. The van der Waals surface area contributed by atoms with E-state index < -0.39 is 30.3 Å². The Morgan fingerprint density at radius 3 is 2.81 bits per heavy atom. The molecular weight excluding hydrogens is 389 g/mol. The Labute approximate surface area is 155 Å². The first-order valence-corrected chi connectivity index (χ1v) is 8.56. The van der Waals surface area contributed by atoms with E-state index in [1.54, 1.807) is 18.3 Å². The second-order valence-electron chi connectivity index (χ2n) is 5.92. The van der Waals surface area contributed by atoms with Crippen LogP contribution in [0.2, 0.25) is 5.02 Å². The van der Waals surface area contributed by atoms with Crippen molar-refractivity contribution in [2.75, 3.05) is 0 Å². The SMILES string of the molecule is C[C@@]1(c2sc(-c3cncc(C#N)c3)cc2Cl)C[C@@H](C(F)(F)F)N=C(N)O1. The molecule has 136 valence electrons. The predicted molar refractivity (Wildman–Crippen MR) is 91.8 cm³/mol. The normalized spacial score (nSPS) is 23.1. The standard InChI is InChI=1S/C16H12ClF3N4OS/c1-15(4-12(16(18,19)20)24-14(22)25-15)13-10(17)3-11(26-13)9-2-8(5-21)6-23-7-9/h2-3,6-7,12H,4H2,1H3,(H2,22,24)/t12-,15-/m0/s1. The molecule has 5 nitrogen and oxygen atoms in total. The van der Waals surface area contributed by atoms with Gasteiger partial charge in [0.05, 0.1) is 15.5 Å². The lowest BCUT2D eigenvalue weighted by Crippen LogP contribution is -2.45. The first kappa shape index (κ1) is 18.5. The van der Waals surface area contributed by atoms with E-state index in [1.165, 1.54) is 24.5 Å². The van der Waals surface area contributed by atoms with Gasteiger partial charge in [-0.25, -0.2) is 4.99 Å². The number of nitrogens with two attached hydrogens (primary N) is 1. The Bertz CT molecular complexity index is 921. The van der Waals surface area contributed by atoms with Crippen molar-refractivity contribution in [3.8, 4) is 16.5 Å². The summed E-state index contributed by atoms with van der Waals surface area (Å²) >= 11 is 7.45. The van der Waals surface area contributed by atoms with Crippen LogP contribution in [0, 0.1) is 11.3 Å². The number of thiophene rings is 1. The first-order chi connectivity index (χ1) is 12.1. The lowest BCUT2D eigenvalue weighted by Gasteiger charge is -2.36. The van der Waals surface area contributed by atoms with Crippen LogP contribution in [0.5, 0.6) is 0 Å². The summed E-state index contributed by atoms with van der Waals surface area (Å²) in [6.45, 7) is 1.50. The summed E-state index contributed by atoms with van der Waals surface area (Å²) in [4.78, 5) is 8.40. The van der Waals surface area contributed by atoms with E-state index in [0.29, 0.717) is 20.9 Å². The van der Waals surface area contributed by atoms with Gasteiger partial charge in [-0.05, 0) is 19.1 Å². The minimum absolute atomic E-state index is 0.255. The summed E-state index contributed by atoms with van der Waals surface area (Å²) in [7, 11) is 0. The highest BCUT2D eigenvalue weighted by Crippen LogP contribution is 2.47. The van der Waals surface area contributed by atoms with E-state index in [1.807, 2.05) is 6.07 Å². The summed E-state index contributed by atoms with van der Waals surface area (Å²) in [5.74, 6) is 0. The summed E-state index contributed by atoms with van der Waals surface area (Å²) < 4.78 is 44.9. The lowest BCUT2D eigenvalue weighted by atomic mass is 9.93. The van der Waals surface area contributed by atoms with Crippen LogP contribution in [0.1, 0.15) is 23.8 Å². The molecule has 0 saturated carbocycles. The Balaban J connectivity index is 2.01. The van der Waals surface area contributed by atoms with E-state index in [-0.39, 0.29) is 5.02 Å². The zero-order valence-corrected chi connectivity index (χ0v) is 14.9. The monoisotopic (exact) mass is 400 g/mol. The van der Waals surface area contributed by atoms with E-state index in [0.717, 1.165) is 0 Å². The van der Waals surface area contributed by atoms with Crippen molar-refractivity contribution in [2.24, 2.45) is 10.7 Å². The third kappa shape index (κ3) is 3.48. The molecule has 0 bridgehead atoms. The Morgan fingerprint density at radius 1 is 1.42 bits per heavy atom. The van der Waals surface area contributed by atoms with Crippen LogP contribution >= 0.6 is 22.9 Å².